The molecule has 1 N–H and O–H groups in total. The van der Waals surface area contributed by atoms with Crippen LogP contribution in [0.2, 0.25) is 5.02 Å². The molecule has 2 aromatic rings. The molecule has 4 rings (SSSR count). The SMILES string of the molecule is COc1ccc(OC)c([C@H]2CCC[NH+]2CN2C(=O)C(=O)c3cc(Cl)ccc32)c1. The number of fused-ring (bicyclic) bond motifs is 1. The molecule has 0 radical (unpaired) electrons. The molecule has 0 saturated carbocycles. The fourth-order valence-corrected chi connectivity index (χ4v) is 4.39. The number of quaternary nitrogens is 1. The third kappa shape index (κ3) is 3.12. The van der Waals surface area contributed by atoms with Gasteiger partial charge in [-0.3, -0.25) is 14.5 Å². The van der Waals surface area contributed by atoms with Gasteiger partial charge in [0.25, 0.3) is 5.78 Å². The first kappa shape index (κ1) is 18.8. The minimum absolute atomic E-state index is 0.157. The lowest BCUT2D eigenvalue weighted by Crippen LogP contribution is -3.12. The molecule has 1 amide bonds. The van der Waals surface area contributed by atoms with Gasteiger partial charge in [0.1, 0.15) is 17.5 Å². The van der Waals surface area contributed by atoms with Crippen LogP contribution in [0.25, 0.3) is 0 Å². The average Bonchev–Trinajstić information content (AvgIpc) is 3.26. The van der Waals surface area contributed by atoms with Gasteiger partial charge in [0.15, 0.2) is 6.67 Å². The number of ketones is 1. The summed E-state index contributed by atoms with van der Waals surface area (Å²) in [4.78, 5) is 27.8. The molecule has 2 atom stereocenters. The van der Waals surface area contributed by atoms with E-state index >= 15 is 0 Å². The number of carbonyl (C=O) groups is 2. The van der Waals surface area contributed by atoms with Gasteiger partial charge in [0, 0.05) is 17.9 Å². The minimum atomic E-state index is -0.494. The van der Waals surface area contributed by atoms with Crippen molar-refractivity contribution in [1.82, 2.24) is 0 Å². The Morgan fingerprint density at radius 3 is 2.71 bits per heavy atom. The lowest BCUT2D eigenvalue weighted by molar-refractivity contribution is -0.917. The van der Waals surface area contributed by atoms with Crippen LogP contribution in [0.5, 0.6) is 11.5 Å². The van der Waals surface area contributed by atoms with Crippen LogP contribution in [0.3, 0.4) is 0 Å². The number of rotatable bonds is 5. The number of methoxy groups -OCH3 is 2. The van der Waals surface area contributed by atoms with Crippen molar-refractivity contribution in [3.63, 3.8) is 0 Å². The lowest BCUT2D eigenvalue weighted by atomic mass is 10.0. The van der Waals surface area contributed by atoms with E-state index in [0.29, 0.717) is 22.9 Å². The molecule has 7 heteroatoms. The predicted octanol–water partition coefficient (Wildman–Crippen LogP) is 2.26. The summed E-state index contributed by atoms with van der Waals surface area (Å²) < 4.78 is 10.9. The van der Waals surface area contributed by atoms with Crippen molar-refractivity contribution in [2.45, 2.75) is 18.9 Å². The first-order chi connectivity index (χ1) is 13.5. The summed E-state index contributed by atoms with van der Waals surface area (Å²) >= 11 is 6.01. The van der Waals surface area contributed by atoms with E-state index in [4.69, 9.17) is 21.1 Å². The third-order valence-corrected chi connectivity index (χ3v) is 5.83. The van der Waals surface area contributed by atoms with Gasteiger partial charge in [-0.15, -0.1) is 0 Å². The van der Waals surface area contributed by atoms with Gasteiger partial charge in [-0.05, 0) is 36.4 Å². The van der Waals surface area contributed by atoms with Crippen molar-refractivity contribution in [3.05, 3.63) is 52.5 Å². The molecule has 2 aliphatic heterocycles. The Morgan fingerprint density at radius 1 is 1.14 bits per heavy atom. The molecule has 6 nitrogen and oxygen atoms in total. The molecule has 0 bridgehead atoms. The number of hydrogen-bond acceptors (Lipinski definition) is 4. The largest absolute Gasteiger partial charge is 0.497 e. The summed E-state index contributed by atoms with van der Waals surface area (Å²) in [5.74, 6) is 0.593. The molecule has 0 aliphatic carbocycles. The normalized spacial score (nSPS) is 21.2. The number of ether oxygens (including phenoxy) is 2. The Bertz CT molecular complexity index is 946. The number of nitrogens with zero attached hydrogens (tertiary/aromatic N) is 1. The van der Waals surface area contributed by atoms with Gasteiger partial charge in [0.2, 0.25) is 0 Å². The maximum absolute atomic E-state index is 12.6. The summed E-state index contributed by atoms with van der Waals surface area (Å²) in [5.41, 5.74) is 2.07. The molecule has 0 spiro atoms. The minimum Gasteiger partial charge on any atom is -0.497 e. The Morgan fingerprint density at radius 2 is 1.96 bits per heavy atom. The lowest BCUT2D eigenvalue weighted by Gasteiger charge is -2.27. The molecule has 0 aromatic heterocycles. The second-order valence-corrected chi connectivity index (χ2v) is 7.53. The van der Waals surface area contributed by atoms with E-state index in [2.05, 4.69) is 0 Å². The summed E-state index contributed by atoms with van der Waals surface area (Å²) in [6, 6.07) is 11.0. The predicted molar refractivity (Wildman–Crippen MR) is 105 cm³/mol. The molecule has 1 saturated heterocycles. The zero-order valence-electron chi connectivity index (χ0n) is 15.8. The van der Waals surface area contributed by atoms with Crippen molar-refractivity contribution in [2.24, 2.45) is 0 Å². The van der Waals surface area contributed by atoms with Crippen molar-refractivity contribution < 1.29 is 24.0 Å². The van der Waals surface area contributed by atoms with E-state index < -0.39 is 11.7 Å². The standard InChI is InChI=1S/C21H21ClN2O4/c1-27-14-6-8-19(28-2)15(11-14)17-4-3-9-23(17)12-24-18-7-5-13(22)10-16(18)20(25)21(24)26/h5-8,10-11,17H,3-4,9,12H2,1-2H3/p+1/t17-/m1/s1. The van der Waals surface area contributed by atoms with Crippen LogP contribution in [0.1, 0.15) is 34.8 Å². The van der Waals surface area contributed by atoms with Crippen molar-refractivity contribution in [3.8, 4) is 11.5 Å². The van der Waals surface area contributed by atoms with Gasteiger partial charge in [-0.1, -0.05) is 11.6 Å². The van der Waals surface area contributed by atoms with E-state index in [9.17, 15) is 9.59 Å². The van der Waals surface area contributed by atoms with Crippen molar-refractivity contribution in [1.29, 1.82) is 0 Å². The number of carbonyl (C=O) groups excluding carboxylic acids is 2. The van der Waals surface area contributed by atoms with E-state index in [1.165, 1.54) is 4.90 Å². The van der Waals surface area contributed by atoms with Gasteiger partial charge in [0.05, 0.1) is 37.6 Å². The second kappa shape index (κ2) is 7.45. The maximum Gasteiger partial charge on any atom is 0.303 e. The maximum atomic E-state index is 12.6. The zero-order valence-corrected chi connectivity index (χ0v) is 16.6. The Balaban J connectivity index is 1.64. The molecule has 1 fully saturated rings. The van der Waals surface area contributed by atoms with Crippen LogP contribution >= 0.6 is 11.6 Å². The van der Waals surface area contributed by atoms with Gasteiger partial charge in [-0.25, -0.2) is 0 Å². The highest BCUT2D eigenvalue weighted by Crippen LogP contribution is 2.33. The Hall–Kier alpha value is -2.57. The highest BCUT2D eigenvalue weighted by Gasteiger charge is 2.41. The molecular weight excluding hydrogens is 380 g/mol. The van der Waals surface area contributed by atoms with Gasteiger partial charge in [-0.2, -0.15) is 0 Å². The summed E-state index contributed by atoms with van der Waals surface area (Å²) in [6.45, 7) is 1.33. The Kier molecular flexibility index (Phi) is 5.00. The second-order valence-electron chi connectivity index (χ2n) is 7.09. The number of halogens is 1. The van der Waals surface area contributed by atoms with E-state index in [1.54, 1.807) is 37.3 Å². The van der Waals surface area contributed by atoms with E-state index in [0.717, 1.165) is 36.4 Å². The first-order valence-corrected chi connectivity index (χ1v) is 9.63. The number of hydrogen-bond donors (Lipinski definition) is 1. The topological polar surface area (TPSA) is 60.3 Å². The number of likely N-dealkylation sites (tertiary alicyclic amines) is 1. The van der Waals surface area contributed by atoms with Crippen LogP contribution in [-0.2, 0) is 4.79 Å². The highest BCUT2D eigenvalue weighted by molar-refractivity contribution is 6.52. The highest BCUT2D eigenvalue weighted by atomic mass is 35.5. The Labute approximate surface area is 168 Å². The molecule has 2 heterocycles. The number of amides is 1. The molecular formula is C21H22ClN2O4+. The first-order valence-electron chi connectivity index (χ1n) is 9.25. The van der Waals surface area contributed by atoms with Crippen LogP contribution < -0.4 is 19.3 Å². The van der Waals surface area contributed by atoms with Gasteiger partial charge >= 0.3 is 5.91 Å². The number of benzene rings is 2. The summed E-state index contributed by atoms with van der Waals surface area (Å²) in [5, 5.41) is 0.453. The third-order valence-electron chi connectivity index (χ3n) is 5.59. The fraction of sp³-hybridized carbons (Fsp3) is 0.333. The van der Waals surface area contributed by atoms with Crippen LogP contribution in [0, 0.1) is 0 Å². The molecule has 1 unspecified atom stereocenters. The fourth-order valence-electron chi connectivity index (χ4n) is 4.22. The molecule has 2 aliphatic rings. The van der Waals surface area contributed by atoms with E-state index in [-0.39, 0.29) is 6.04 Å². The monoisotopic (exact) mass is 401 g/mol. The quantitative estimate of drug-likeness (QED) is 0.781. The zero-order chi connectivity index (χ0) is 19.8. The van der Waals surface area contributed by atoms with Crippen LogP contribution in [-0.4, -0.2) is 39.1 Å². The number of nitrogens with one attached hydrogen (secondary N) is 1. The van der Waals surface area contributed by atoms with E-state index in [1.807, 2.05) is 18.2 Å². The summed E-state index contributed by atoms with van der Waals surface area (Å²) in [7, 11) is 3.30. The average molecular weight is 402 g/mol. The van der Waals surface area contributed by atoms with Crippen molar-refractivity contribution in [2.75, 3.05) is 32.3 Å². The molecule has 2 aromatic carbocycles. The summed E-state index contributed by atoms with van der Waals surface area (Å²) in [6.07, 6.45) is 2.01. The molecule has 28 heavy (non-hydrogen) atoms. The van der Waals surface area contributed by atoms with Crippen LogP contribution in [0.15, 0.2) is 36.4 Å². The number of Topliss-reactive ketones (excluding diaryl/α,β-unsaturated/α-hetero) is 1. The van der Waals surface area contributed by atoms with Gasteiger partial charge < -0.3 is 14.4 Å². The number of anilines is 1. The molecule has 146 valence electrons. The van der Waals surface area contributed by atoms with Crippen molar-refractivity contribution >= 4 is 29.0 Å². The smallest absolute Gasteiger partial charge is 0.303 e. The van der Waals surface area contributed by atoms with Crippen LogP contribution in [0.4, 0.5) is 5.69 Å².